The zero-order valence-electron chi connectivity index (χ0n) is 20.3. The molecule has 4 aromatic carbocycles. The number of benzene rings is 4. The van der Waals surface area contributed by atoms with Gasteiger partial charge in [-0.05, 0) is 38.1 Å². The van der Waals surface area contributed by atoms with Crippen molar-refractivity contribution in [3.63, 3.8) is 0 Å². The summed E-state index contributed by atoms with van der Waals surface area (Å²) in [6, 6.07) is 28.6. The number of fused-ring (bicyclic) bond motifs is 1. The zero-order chi connectivity index (χ0) is 25.3. The van der Waals surface area contributed by atoms with Crippen molar-refractivity contribution in [3.05, 3.63) is 103 Å². The number of hydrogen-bond acceptors (Lipinski definition) is 6. The van der Waals surface area contributed by atoms with E-state index in [0.717, 1.165) is 10.8 Å². The van der Waals surface area contributed by atoms with Crippen molar-refractivity contribution < 1.29 is 28.5 Å². The molecule has 0 saturated heterocycles. The summed E-state index contributed by atoms with van der Waals surface area (Å²) in [5, 5.41) is 1.67. The molecule has 4 rings (SSSR count). The number of carbonyl (C=O) groups excluding carboxylic acids is 1. The number of rotatable bonds is 11. The van der Waals surface area contributed by atoms with Gasteiger partial charge in [-0.2, -0.15) is 0 Å². The Balaban J connectivity index is 1.62. The van der Waals surface area contributed by atoms with Crippen LogP contribution in [0.2, 0.25) is 0 Å². The summed E-state index contributed by atoms with van der Waals surface area (Å²) in [7, 11) is 0. The molecule has 0 spiro atoms. The molecule has 6 heteroatoms. The number of para-hydroxylation sites is 2. The first-order chi connectivity index (χ1) is 17.5. The van der Waals surface area contributed by atoms with Gasteiger partial charge in [-0.3, -0.25) is 0 Å². The standard InChI is InChI=1S/C30H28O6/c1-21(2)30(31)33-19-18-32-22(3)34-27-20-28(35-23-12-6-4-7-13-23)29(26-17-11-10-16-25(26)27)36-24-14-8-5-9-15-24/h4-17,20,22H,1,18-19H2,2-3H3. The molecule has 6 nitrogen and oxygen atoms in total. The molecule has 4 aromatic rings. The quantitative estimate of drug-likeness (QED) is 0.0964. The van der Waals surface area contributed by atoms with Crippen molar-refractivity contribution in [2.24, 2.45) is 0 Å². The lowest BCUT2D eigenvalue weighted by Gasteiger charge is -2.20. The minimum atomic E-state index is -0.609. The SMILES string of the molecule is C=C(C)C(=O)OCCOC(C)Oc1cc(Oc2ccccc2)c(Oc2ccccc2)c2ccccc12. The highest BCUT2D eigenvalue weighted by Crippen LogP contribution is 2.45. The van der Waals surface area contributed by atoms with E-state index >= 15 is 0 Å². The van der Waals surface area contributed by atoms with Gasteiger partial charge in [0.2, 0.25) is 0 Å². The van der Waals surface area contributed by atoms with Crippen LogP contribution in [0.1, 0.15) is 13.8 Å². The van der Waals surface area contributed by atoms with Gasteiger partial charge in [0.15, 0.2) is 17.8 Å². The highest BCUT2D eigenvalue weighted by Gasteiger charge is 2.19. The van der Waals surface area contributed by atoms with Crippen molar-refractivity contribution in [1.82, 2.24) is 0 Å². The van der Waals surface area contributed by atoms with Gasteiger partial charge >= 0.3 is 5.97 Å². The Morgan fingerprint density at radius 2 is 1.36 bits per heavy atom. The van der Waals surface area contributed by atoms with Crippen molar-refractivity contribution in [3.8, 4) is 28.7 Å². The number of hydrogen-bond donors (Lipinski definition) is 0. The van der Waals surface area contributed by atoms with Gasteiger partial charge in [0.1, 0.15) is 23.9 Å². The maximum absolute atomic E-state index is 11.5. The maximum Gasteiger partial charge on any atom is 0.333 e. The van der Waals surface area contributed by atoms with Crippen LogP contribution in [0.3, 0.4) is 0 Å². The first-order valence-corrected chi connectivity index (χ1v) is 11.6. The lowest BCUT2D eigenvalue weighted by Crippen LogP contribution is -2.20. The summed E-state index contributed by atoms with van der Waals surface area (Å²) in [6.07, 6.45) is -0.609. The first kappa shape index (κ1) is 24.8. The van der Waals surface area contributed by atoms with Crippen LogP contribution in [0.15, 0.2) is 103 Å². The third-order valence-corrected chi connectivity index (χ3v) is 5.17. The van der Waals surface area contributed by atoms with Crippen molar-refractivity contribution in [1.29, 1.82) is 0 Å². The largest absolute Gasteiger partial charge is 0.464 e. The van der Waals surface area contributed by atoms with Crippen LogP contribution in [0.5, 0.6) is 28.7 Å². The molecule has 0 fully saturated rings. The van der Waals surface area contributed by atoms with E-state index in [0.29, 0.717) is 34.3 Å². The minimum absolute atomic E-state index is 0.104. The van der Waals surface area contributed by atoms with E-state index in [9.17, 15) is 4.79 Å². The van der Waals surface area contributed by atoms with E-state index in [1.807, 2.05) is 84.9 Å². The van der Waals surface area contributed by atoms with E-state index < -0.39 is 12.3 Å². The fourth-order valence-corrected chi connectivity index (χ4v) is 3.48. The molecule has 0 aliphatic rings. The van der Waals surface area contributed by atoms with Crippen LogP contribution in [0.4, 0.5) is 0 Å². The summed E-state index contributed by atoms with van der Waals surface area (Å²) in [5.41, 5.74) is 0.342. The van der Waals surface area contributed by atoms with Gasteiger partial charge in [-0.25, -0.2) is 4.79 Å². The summed E-state index contributed by atoms with van der Waals surface area (Å²) in [4.78, 5) is 11.5. The third kappa shape index (κ3) is 6.43. The topological polar surface area (TPSA) is 63.2 Å². The zero-order valence-corrected chi connectivity index (χ0v) is 20.3. The average molecular weight is 485 g/mol. The van der Waals surface area contributed by atoms with Gasteiger partial charge in [-0.1, -0.05) is 67.2 Å². The molecular weight excluding hydrogens is 456 g/mol. The van der Waals surface area contributed by atoms with Crippen molar-refractivity contribution in [2.45, 2.75) is 20.1 Å². The molecule has 0 amide bonds. The molecular formula is C30H28O6. The summed E-state index contributed by atoms with van der Waals surface area (Å²) < 4.78 is 29.5. The van der Waals surface area contributed by atoms with Gasteiger partial charge < -0.3 is 23.7 Å². The molecule has 36 heavy (non-hydrogen) atoms. The second-order valence-electron chi connectivity index (χ2n) is 8.05. The lowest BCUT2D eigenvalue weighted by molar-refractivity contribution is -0.143. The molecule has 0 aliphatic carbocycles. The summed E-state index contributed by atoms with van der Waals surface area (Å²) in [6.45, 7) is 7.22. The summed E-state index contributed by atoms with van der Waals surface area (Å²) >= 11 is 0. The second-order valence-corrected chi connectivity index (χ2v) is 8.05. The van der Waals surface area contributed by atoms with Crippen LogP contribution in [-0.4, -0.2) is 25.5 Å². The predicted molar refractivity (Wildman–Crippen MR) is 139 cm³/mol. The highest BCUT2D eigenvalue weighted by atomic mass is 16.7. The molecule has 0 aromatic heterocycles. The Morgan fingerprint density at radius 1 is 0.778 bits per heavy atom. The van der Waals surface area contributed by atoms with Gasteiger partial charge in [0, 0.05) is 22.4 Å². The van der Waals surface area contributed by atoms with Crippen LogP contribution in [-0.2, 0) is 14.3 Å². The van der Waals surface area contributed by atoms with Crippen LogP contribution in [0, 0.1) is 0 Å². The molecule has 0 N–H and O–H groups in total. The van der Waals surface area contributed by atoms with E-state index in [1.165, 1.54) is 0 Å². The van der Waals surface area contributed by atoms with E-state index in [-0.39, 0.29) is 13.2 Å². The fraction of sp³-hybridized carbons (Fsp3) is 0.167. The smallest absolute Gasteiger partial charge is 0.333 e. The van der Waals surface area contributed by atoms with Crippen molar-refractivity contribution in [2.75, 3.05) is 13.2 Å². The van der Waals surface area contributed by atoms with Crippen LogP contribution < -0.4 is 14.2 Å². The average Bonchev–Trinajstić information content (AvgIpc) is 2.89. The Labute approximate surface area is 210 Å². The molecule has 1 unspecified atom stereocenters. The number of carbonyl (C=O) groups is 1. The van der Waals surface area contributed by atoms with E-state index in [1.54, 1.807) is 19.9 Å². The molecule has 0 bridgehead atoms. The van der Waals surface area contributed by atoms with Crippen LogP contribution >= 0.6 is 0 Å². The number of ether oxygens (including phenoxy) is 5. The molecule has 0 radical (unpaired) electrons. The third-order valence-electron chi connectivity index (χ3n) is 5.17. The number of esters is 1. The summed E-state index contributed by atoms with van der Waals surface area (Å²) in [5.74, 6) is 2.56. The van der Waals surface area contributed by atoms with Crippen LogP contribution in [0.25, 0.3) is 10.8 Å². The Bertz CT molecular complexity index is 1320. The van der Waals surface area contributed by atoms with Gasteiger partial charge in [0.25, 0.3) is 0 Å². The Morgan fingerprint density at radius 3 is 2.00 bits per heavy atom. The van der Waals surface area contributed by atoms with Crippen molar-refractivity contribution >= 4 is 16.7 Å². The Hall–Kier alpha value is -4.29. The Kier molecular flexibility index (Phi) is 8.21. The first-order valence-electron chi connectivity index (χ1n) is 11.6. The molecule has 1 atom stereocenters. The molecule has 0 heterocycles. The van der Waals surface area contributed by atoms with E-state index in [4.69, 9.17) is 23.7 Å². The molecule has 184 valence electrons. The minimum Gasteiger partial charge on any atom is -0.464 e. The lowest BCUT2D eigenvalue weighted by atomic mass is 10.1. The normalized spacial score (nSPS) is 11.5. The molecule has 0 saturated carbocycles. The monoisotopic (exact) mass is 484 g/mol. The predicted octanol–water partition coefficient (Wildman–Crippen LogP) is 7.29. The second kappa shape index (κ2) is 11.9. The fourth-order valence-electron chi connectivity index (χ4n) is 3.48. The van der Waals surface area contributed by atoms with Gasteiger partial charge in [-0.15, -0.1) is 0 Å². The maximum atomic E-state index is 11.5. The highest BCUT2D eigenvalue weighted by molar-refractivity contribution is 5.96. The van der Waals surface area contributed by atoms with Gasteiger partial charge in [0.05, 0.1) is 6.61 Å². The van der Waals surface area contributed by atoms with E-state index in [2.05, 4.69) is 6.58 Å². The molecule has 0 aliphatic heterocycles.